The Kier molecular flexibility index (Phi) is 5.17. The molecule has 110 valence electrons. The lowest BCUT2D eigenvalue weighted by Gasteiger charge is -2.16. The summed E-state index contributed by atoms with van der Waals surface area (Å²) in [5.74, 6) is 0. The van der Waals surface area contributed by atoms with E-state index in [4.69, 9.17) is 0 Å². The highest BCUT2D eigenvalue weighted by Gasteiger charge is 2.19. The Bertz CT molecular complexity index is 458. The smallest absolute Gasteiger partial charge is 0.315 e. The number of likely N-dealkylation sites (tertiary alicyclic amines) is 1. The molecule has 0 aromatic heterocycles. The highest BCUT2D eigenvalue weighted by atomic mass is 16.6. The first-order valence-electron chi connectivity index (χ1n) is 7.20. The van der Waals surface area contributed by atoms with Crippen LogP contribution in [0.4, 0.5) is 17.1 Å². The lowest BCUT2D eigenvalue weighted by atomic mass is 10.2. The van der Waals surface area contributed by atoms with Gasteiger partial charge in [-0.05, 0) is 45.0 Å². The molecule has 1 aliphatic heterocycles. The second kappa shape index (κ2) is 7.09. The first-order valence-corrected chi connectivity index (χ1v) is 7.20. The Morgan fingerprint density at radius 1 is 1.25 bits per heavy atom. The summed E-state index contributed by atoms with van der Waals surface area (Å²) in [6.07, 6.45) is 2.52. The molecule has 1 aromatic rings. The molecular weight excluding hydrogens is 256 g/mol. The van der Waals surface area contributed by atoms with Crippen LogP contribution in [0.5, 0.6) is 0 Å². The van der Waals surface area contributed by atoms with E-state index in [1.807, 2.05) is 13.0 Å². The average Bonchev–Trinajstić information content (AvgIpc) is 2.92. The molecule has 1 aromatic carbocycles. The maximum absolute atomic E-state index is 11.3. The van der Waals surface area contributed by atoms with Crippen LogP contribution < -0.4 is 10.6 Å². The van der Waals surface area contributed by atoms with E-state index in [2.05, 4.69) is 15.5 Å². The Morgan fingerprint density at radius 2 is 1.90 bits per heavy atom. The van der Waals surface area contributed by atoms with Crippen molar-refractivity contribution >= 4 is 17.1 Å². The largest absolute Gasteiger partial charge is 0.380 e. The number of hydrogen-bond acceptors (Lipinski definition) is 5. The number of nitrogens with one attached hydrogen (secondary N) is 2. The molecule has 1 aliphatic rings. The molecule has 6 heteroatoms. The zero-order valence-electron chi connectivity index (χ0n) is 11.9. The molecule has 0 radical (unpaired) electrons. The molecule has 0 bridgehead atoms. The maximum atomic E-state index is 11.3. The van der Waals surface area contributed by atoms with Gasteiger partial charge in [-0.3, -0.25) is 10.1 Å². The van der Waals surface area contributed by atoms with Gasteiger partial charge in [-0.1, -0.05) is 6.07 Å². The summed E-state index contributed by atoms with van der Waals surface area (Å²) in [7, 11) is 0. The van der Waals surface area contributed by atoms with Crippen molar-refractivity contribution in [3.8, 4) is 0 Å². The van der Waals surface area contributed by atoms with Gasteiger partial charge in [0.05, 0.1) is 4.92 Å². The average molecular weight is 278 g/mol. The SMILES string of the molecule is CCNc1cccc(NCCN2CCCC2)c1[N+](=O)[O-]. The Morgan fingerprint density at radius 3 is 2.50 bits per heavy atom. The van der Waals surface area contributed by atoms with E-state index in [9.17, 15) is 10.1 Å². The lowest BCUT2D eigenvalue weighted by molar-refractivity contribution is -0.383. The number of rotatable bonds is 7. The van der Waals surface area contributed by atoms with Crippen molar-refractivity contribution < 1.29 is 4.92 Å². The molecule has 6 nitrogen and oxygen atoms in total. The van der Waals surface area contributed by atoms with Gasteiger partial charge in [0, 0.05) is 19.6 Å². The topological polar surface area (TPSA) is 70.4 Å². The molecule has 0 unspecified atom stereocenters. The van der Waals surface area contributed by atoms with Crippen LogP contribution >= 0.6 is 0 Å². The van der Waals surface area contributed by atoms with Crippen LogP contribution in [0.15, 0.2) is 18.2 Å². The molecule has 0 saturated carbocycles. The van der Waals surface area contributed by atoms with E-state index in [1.165, 1.54) is 12.8 Å². The van der Waals surface area contributed by atoms with Gasteiger partial charge < -0.3 is 15.5 Å². The third-order valence-electron chi connectivity index (χ3n) is 3.53. The minimum Gasteiger partial charge on any atom is -0.380 e. The predicted octanol–water partition coefficient (Wildman–Crippen LogP) is 2.53. The van der Waals surface area contributed by atoms with Crippen LogP contribution in [0.1, 0.15) is 19.8 Å². The van der Waals surface area contributed by atoms with Crippen molar-refractivity contribution in [2.24, 2.45) is 0 Å². The van der Waals surface area contributed by atoms with E-state index in [-0.39, 0.29) is 10.6 Å². The number of nitro groups is 1. The van der Waals surface area contributed by atoms with Crippen molar-refractivity contribution in [1.29, 1.82) is 0 Å². The number of nitro benzene ring substituents is 1. The fourth-order valence-electron chi connectivity index (χ4n) is 2.57. The van der Waals surface area contributed by atoms with Crippen LogP contribution in [-0.4, -0.2) is 42.5 Å². The summed E-state index contributed by atoms with van der Waals surface area (Å²) in [6.45, 7) is 6.54. The van der Waals surface area contributed by atoms with Gasteiger partial charge >= 0.3 is 5.69 Å². The van der Waals surface area contributed by atoms with Gasteiger partial charge in [-0.2, -0.15) is 0 Å². The summed E-state index contributed by atoms with van der Waals surface area (Å²) in [6, 6.07) is 5.35. The fourth-order valence-corrected chi connectivity index (χ4v) is 2.57. The van der Waals surface area contributed by atoms with E-state index >= 15 is 0 Å². The van der Waals surface area contributed by atoms with E-state index in [0.717, 1.165) is 26.2 Å². The zero-order chi connectivity index (χ0) is 14.4. The number of nitrogens with zero attached hydrogens (tertiary/aromatic N) is 2. The molecule has 1 saturated heterocycles. The second-order valence-electron chi connectivity index (χ2n) is 4.96. The van der Waals surface area contributed by atoms with Crippen LogP contribution in [0.25, 0.3) is 0 Å². The summed E-state index contributed by atoms with van der Waals surface area (Å²) < 4.78 is 0. The normalized spacial score (nSPS) is 15.2. The molecule has 1 heterocycles. The van der Waals surface area contributed by atoms with Crippen LogP contribution in [0, 0.1) is 10.1 Å². The predicted molar refractivity (Wildman–Crippen MR) is 81.4 cm³/mol. The molecule has 1 fully saturated rings. The minimum absolute atomic E-state index is 0.135. The third-order valence-corrected chi connectivity index (χ3v) is 3.53. The number of hydrogen-bond donors (Lipinski definition) is 2. The van der Waals surface area contributed by atoms with Gasteiger partial charge in [0.15, 0.2) is 0 Å². The minimum atomic E-state index is -0.323. The number of benzene rings is 1. The second-order valence-corrected chi connectivity index (χ2v) is 4.96. The summed E-state index contributed by atoms with van der Waals surface area (Å²) >= 11 is 0. The summed E-state index contributed by atoms with van der Waals surface area (Å²) in [5.41, 5.74) is 1.30. The summed E-state index contributed by atoms with van der Waals surface area (Å²) in [5, 5.41) is 17.5. The third kappa shape index (κ3) is 3.60. The van der Waals surface area contributed by atoms with Crippen LogP contribution in [0.3, 0.4) is 0 Å². The first-order chi connectivity index (χ1) is 9.72. The van der Waals surface area contributed by atoms with Crippen molar-refractivity contribution in [2.75, 3.05) is 43.4 Å². The maximum Gasteiger partial charge on any atom is 0.315 e. The molecule has 2 rings (SSSR count). The zero-order valence-corrected chi connectivity index (χ0v) is 11.9. The summed E-state index contributed by atoms with van der Waals surface area (Å²) in [4.78, 5) is 13.3. The molecule has 0 aliphatic carbocycles. The molecular formula is C14H22N4O2. The fraction of sp³-hybridized carbons (Fsp3) is 0.571. The first kappa shape index (κ1) is 14.6. The molecule has 0 atom stereocenters. The standard InChI is InChI=1S/C14H22N4O2/c1-2-15-12-6-5-7-13(14(12)18(19)20)16-8-11-17-9-3-4-10-17/h5-7,15-16H,2-4,8-11H2,1H3. The van der Waals surface area contributed by atoms with E-state index < -0.39 is 0 Å². The quantitative estimate of drug-likeness (QED) is 0.592. The van der Waals surface area contributed by atoms with Crippen molar-refractivity contribution in [2.45, 2.75) is 19.8 Å². The van der Waals surface area contributed by atoms with Crippen molar-refractivity contribution in [3.63, 3.8) is 0 Å². The molecule has 0 spiro atoms. The van der Waals surface area contributed by atoms with Gasteiger partial charge in [-0.15, -0.1) is 0 Å². The monoisotopic (exact) mass is 278 g/mol. The number of para-hydroxylation sites is 1. The van der Waals surface area contributed by atoms with Gasteiger partial charge in [-0.25, -0.2) is 0 Å². The van der Waals surface area contributed by atoms with Crippen molar-refractivity contribution in [3.05, 3.63) is 28.3 Å². The van der Waals surface area contributed by atoms with Gasteiger partial charge in [0.2, 0.25) is 0 Å². The molecule has 20 heavy (non-hydrogen) atoms. The van der Waals surface area contributed by atoms with E-state index in [1.54, 1.807) is 12.1 Å². The lowest BCUT2D eigenvalue weighted by Crippen LogP contribution is -2.26. The molecule has 0 amide bonds. The Labute approximate surface area is 119 Å². The van der Waals surface area contributed by atoms with Crippen molar-refractivity contribution in [1.82, 2.24) is 4.90 Å². The van der Waals surface area contributed by atoms with Crippen LogP contribution in [-0.2, 0) is 0 Å². The highest BCUT2D eigenvalue weighted by molar-refractivity contribution is 5.76. The Balaban J connectivity index is 2.01. The van der Waals surface area contributed by atoms with Gasteiger partial charge in [0.1, 0.15) is 11.4 Å². The van der Waals surface area contributed by atoms with Gasteiger partial charge in [0.25, 0.3) is 0 Å². The Hall–Kier alpha value is -1.82. The number of anilines is 2. The van der Waals surface area contributed by atoms with Crippen LogP contribution in [0.2, 0.25) is 0 Å². The van der Waals surface area contributed by atoms with E-state index in [0.29, 0.717) is 17.9 Å². The molecule has 2 N–H and O–H groups in total. The highest BCUT2D eigenvalue weighted by Crippen LogP contribution is 2.32.